The highest BCUT2D eigenvalue weighted by Gasteiger charge is 2.76. The van der Waals surface area contributed by atoms with Gasteiger partial charge in [0.1, 0.15) is 11.8 Å². The Morgan fingerprint density at radius 1 is 0.662 bits per heavy atom. The number of carbonyl (C=O) groups is 2. The van der Waals surface area contributed by atoms with Crippen LogP contribution in [0.4, 0.5) is 28.4 Å². The second kappa shape index (κ2) is 23.2. The molecule has 0 spiro atoms. The van der Waals surface area contributed by atoms with Crippen LogP contribution in [0.3, 0.4) is 0 Å². The molecule has 0 aromatic heterocycles. The molecule has 65 heavy (non-hydrogen) atoms. The molecule has 4 aromatic rings. The zero-order valence-electron chi connectivity index (χ0n) is 35.8. The largest absolute Gasteiger partial charge is 0.454 e. The van der Waals surface area contributed by atoms with Crippen LogP contribution in [0.25, 0.3) is 0 Å². The number of nitro groups is 4. The SMILES string of the molecule is CC(C)C(O)c1ccc(I)cc1[N+](=O)[O-].CC(C)C(OC(=O)[C@@]12CC[C@@](C)(C(=O)O1)C2(C)C)c1ccc(I)cc1[N+](=O)[O-].Nc1ccc(I)cc1[N+](=O)[O-].O=[N+]([O-])c1cc(I)ccc1I. The molecule has 3 N–H and O–H groups in total. The molecule has 2 bridgehead atoms. The number of hydrogen-bond donors (Lipinski definition) is 2. The maximum atomic E-state index is 13.3. The molecule has 1 saturated heterocycles. The van der Waals surface area contributed by atoms with Gasteiger partial charge in [-0.2, -0.15) is 0 Å². The second-order valence-corrected chi connectivity index (χ2v) is 22.3. The molecule has 4 atom stereocenters. The second-order valence-electron chi connectivity index (χ2n) is 16.2. The maximum absolute atomic E-state index is 13.3. The molecule has 0 amide bonds. The standard InChI is InChI=1S/C20H24INO6.C10H12INO3.C6H3I2NO2.C6H5IN2O2/c1-11(2)15(13-7-6-12(21)10-14(13)22(25)26)27-17(24)20-9-8-19(5,16(23)28-20)18(20,3)4;1-6(2)10(13)8-4-3-7(11)5-9(8)12(14)15;2*7-4-1-2-5(8)6(3-4)9(10)11/h6-7,10-11,15H,8-9H2,1-5H3;3-6,10,13H,1-2H3;1-3H;1-3H,8H2/t15?,19-,20+;;;/m0.../s1. The fraction of sp³-hybridized carbons (Fsp3) is 0.381. The minimum atomic E-state index is -1.36. The number of nitrogen functional groups attached to an aromatic ring is 1. The Kier molecular flexibility index (Phi) is 20.1. The van der Waals surface area contributed by atoms with E-state index in [2.05, 4.69) is 0 Å². The predicted octanol–water partition coefficient (Wildman–Crippen LogP) is 12.0. The fourth-order valence-electron chi connectivity index (χ4n) is 6.97. The van der Waals surface area contributed by atoms with Gasteiger partial charge in [0.15, 0.2) is 0 Å². The van der Waals surface area contributed by atoms with Gasteiger partial charge in [-0.05, 0) is 193 Å². The molecular weight excluding hydrogens is 1420 g/mol. The number of nitrogens with two attached hydrogens (primary N) is 1. The smallest absolute Gasteiger partial charge is 0.351 e. The average Bonchev–Trinajstić information content (AvgIpc) is 3.52. The van der Waals surface area contributed by atoms with Gasteiger partial charge in [0.25, 0.3) is 22.7 Å². The highest BCUT2D eigenvalue weighted by molar-refractivity contribution is 14.1. The van der Waals surface area contributed by atoms with Gasteiger partial charge in [0, 0.05) is 44.0 Å². The van der Waals surface area contributed by atoms with E-state index in [9.17, 15) is 55.2 Å². The van der Waals surface area contributed by atoms with Crippen molar-refractivity contribution in [1.29, 1.82) is 0 Å². The van der Waals surface area contributed by atoms with Crippen molar-refractivity contribution in [2.45, 2.75) is 79.1 Å². The van der Waals surface area contributed by atoms with E-state index in [0.717, 1.165) is 14.3 Å². The molecule has 1 aliphatic heterocycles. The van der Waals surface area contributed by atoms with E-state index in [1.54, 1.807) is 42.5 Å². The van der Waals surface area contributed by atoms with E-state index < -0.39 is 49.4 Å². The predicted molar refractivity (Wildman–Crippen MR) is 284 cm³/mol. The van der Waals surface area contributed by atoms with Gasteiger partial charge in [0.05, 0.1) is 45.9 Å². The first-order valence-corrected chi connectivity index (χ1v) is 24.7. The molecule has 1 saturated carbocycles. The Hall–Kier alpha value is -3.17. The van der Waals surface area contributed by atoms with Gasteiger partial charge in [-0.15, -0.1) is 0 Å². The van der Waals surface area contributed by atoms with Crippen LogP contribution >= 0.6 is 113 Å². The first kappa shape index (κ1) is 56.2. The third-order valence-corrected chi connectivity index (χ3v) is 14.8. The zero-order valence-corrected chi connectivity index (χ0v) is 46.5. The molecule has 4 aromatic carbocycles. The number of esters is 2. The van der Waals surface area contributed by atoms with Crippen molar-refractivity contribution in [3.63, 3.8) is 0 Å². The number of nitro benzene ring substituents is 4. The van der Waals surface area contributed by atoms with Gasteiger partial charge in [0.2, 0.25) is 5.60 Å². The number of nitrogens with zero attached hydrogens (tertiary/aromatic N) is 4. The topological polar surface area (TPSA) is 271 Å². The molecule has 6 rings (SSSR count). The van der Waals surface area contributed by atoms with Crippen molar-refractivity contribution in [3.05, 3.63) is 142 Å². The summed E-state index contributed by atoms with van der Waals surface area (Å²) in [4.78, 5) is 67.0. The molecule has 23 heteroatoms. The van der Waals surface area contributed by atoms with Gasteiger partial charge < -0.3 is 20.3 Å². The summed E-state index contributed by atoms with van der Waals surface area (Å²) in [6.45, 7) is 12.8. The quantitative estimate of drug-likeness (QED) is 0.0491. The molecule has 1 heterocycles. The Bertz CT molecular complexity index is 2430. The Balaban J connectivity index is 0.000000254. The zero-order chi connectivity index (χ0) is 49.5. The number of fused-ring (bicyclic) bond motifs is 2. The summed E-state index contributed by atoms with van der Waals surface area (Å²) in [5, 5.41) is 52.8. The number of carbonyl (C=O) groups excluding carboxylic acids is 2. The van der Waals surface area contributed by atoms with Crippen molar-refractivity contribution >= 4 is 153 Å². The summed E-state index contributed by atoms with van der Waals surface area (Å²) < 4.78 is 15.3. The molecule has 0 radical (unpaired) electrons. The van der Waals surface area contributed by atoms with Crippen molar-refractivity contribution in [2.24, 2.45) is 22.7 Å². The third-order valence-electron chi connectivity index (χ3n) is 11.2. The Morgan fingerprint density at radius 2 is 1.08 bits per heavy atom. The number of halogens is 5. The number of aliphatic hydroxyl groups excluding tert-OH is 1. The van der Waals surface area contributed by atoms with Gasteiger partial charge >= 0.3 is 11.9 Å². The first-order valence-electron chi connectivity index (χ1n) is 19.3. The van der Waals surface area contributed by atoms with Crippen LogP contribution < -0.4 is 5.73 Å². The van der Waals surface area contributed by atoms with Crippen LogP contribution in [0.2, 0.25) is 0 Å². The van der Waals surface area contributed by atoms with E-state index in [4.69, 9.17) is 15.2 Å². The normalized spacial score (nSPS) is 18.7. The van der Waals surface area contributed by atoms with E-state index in [1.165, 1.54) is 24.3 Å². The summed E-state index contributed by atoms with van der Waals surface area (Å²) in [6, 6.07) is 19.5. The third kappa shape index (κ3) is 13.1. The number of rotatable bonds is 10. The average molecular weight is 1460 g/mol. The molecule has 2 unspecified atom stereocenters. The number of aliphatic hydroxyl groups is 1. The van der Waals surface area contributed by atoms with Crippen molar-refractivity contribution in [2.75, 3.05) is 5.73 Å². The summed E-state index contributed by atoms with van der Waals surface area (Å²) >= 11 is 10.0. The van der Waals surface area contributed by atoms with Crippen molar-refractivity contribution in [1.82, 2.24) is 0 Å². The number of benzene rings is 4. The molecule has 2 aliphatic rings. The number of anilines is 1. The van der Waals surface area contributed by atoms with Gasteiger partial charge in [-0.1, -0.05) is 41.5 Å². The van der Waals surface area contributed by atoms with E-state index in [0.29, 0.717) is 27.5 Å². The van der Waals surface area contributed by atoms with Gasteiger partial charge in [-0.3, -0.25) is 45.3 Å². The van der Waals surface area contributed by atoms with Crippen LogP contribution in [0.1, 0.15) is 84.6 Å². The van der Waals surface area contributed by atoms with Crippen molar-refractivity contribution < 1.29 is 43.9 Å². The van der Waals surface area contributed by atoms with E-state index in [-0.39, 0.29) is 51.2 Å². The molecule has 1 aliphatic carbocycles. The van der Waals surface area contributed by atoms with Crippen LogP contribution in [-0.2, 0) is 19.1 Å². The summed E-state index contributed by atoms with van der Waals surface area (Å²) in [6.07, 6.45) is -0.673. The van der Waals surface area contributed by atoms with Crippen LogP contribution in [0.15, 0.2) is 72.8 Å². The minimum absolute atomic E-state index is 0.0110. The van der Waals surface area contributed by atoms with Crippen molar-refractivity contribution in [3.8, 4) is 0 Å². The summed E-state index contributed by atoms with van der Waals surface area (Å²) in [5.74, 6) is -1.25. The number of ether oxygens (including phenoxy) is 2. The Morgan fingerprint density at radius 3 is 1.46 bits per heavy atom. The first-order chi connectivity index (χ1) is 30.0. The van der Waals surface area contributed by atoms with Crippen LogP contribution in [-0.4, -0.2) is 42.3 Å². The minimum Gasteiger partial charge on any atom is -0.454 e. The van der Waals surface area contributed by atoms with Crippen LogP contribution in [0.5, 0.6) is 0 Å². The summed E-state index contributed by atoms with van der Waals surface area (Å²) in [7, 11) is 0. The molecule has 350 valence electrons. The highest BCUT2D eigenvalue weighted by Crippen LogP contribution is 2.66. The molecule has 2 fully saturated rings. The van der Waals surface area contributed by atoms with Crippen LogP contribution in [0, 0.1) is 81.0 Å². The lowest BCUT2D eigenvalue weighted by molar-refractivity contribution is -0.386. The summed E-state index contributed by atoms with van der Waals surface area (Å²) in [5.41, 5.74) is 3.50. The molecule has 18 nitrogen and oxygen atoms in total. The van der Waals surface area contributed by atoms with E-state index in [1.807, 2.05) is 167 Å². The fourth-order valence-corrected chi connectivity index (χ4v) is 9.40. The lowest BCUT2D eigenvalue weighted by Gasteiger charge is -2.36. The van der Waals surface area contributed by atoms with Gasteiger partial charge in [-0.25, -0.2) is 4.79 Å². The lowest BCUT2D eigenvalue weighted by atomic mass is 9.66. The lowest BCUT2D eigenvalue weighted by Crippen LogP contribution is -2.49. The monoisotopic (exact) mass is 1460 g/mol. The van der Waals surface area contributed by atoms with E-state index >= 15 is 0 Å². The Labute approximate surface area is 442 Å². The maximum Gasteiger partial charge on any atom is 0.351 e. The molecular formula is C42H44I5N5O13. The number of hydrogen-bond acceptors (Lipinski definition) is 14. The highest BCUT2D eigenvalue weighted by atomic mass is 127.